The van der Waals surface area contributed by atoms with E-state index in [2.05, 4.69) is 12.2 Å². The molecule has 2 nitrogen and oxygen atoms in total. The maximum absolute atomic E-state index is 11.1. The van der Waals surface area contributed by atoms with Crippen molar-refractivity contribution in [3.63, 3.8) is 0 Å². The van der Waals surface area contributed by atoms with E-state index in [-0.39, 0.29) is 17.2 Å². The van der Waals surface area contributed by atoms with Crippen molar-refractivity contribution in [2.24, 2.45) is 17.1 Å². The van der Waals surface area contributed by atoms with Gasteiger partial charge in [0, 0.05) is 0 Å². The fourth-order valence-corrected chi connectivity index (χ4v) is 1.47. The zero-order chi connectivity index (χ0) is 8.48. The molecule has 2 heteroatoms. The molecule has 1 rings (SSSR count). The van der Waals surface area contributed by atoms with E-state index in [0.29, 0.717) is 0 Å². The number of hydrogen-bond donors (Lipinski definition) is 1. The molecule has 0 bridgehead atoms. The van der Waals surface area contributed by atoms with E-state index in [1.807, 2.05) is 13.8 Å². The Morgan fingerprint density at radius 1 is 1.73 bits per heavy atom. The summed E-state index contributed by atoms with van der Waals surface area (Å²) in [5, 5.41) is 0. The topological polar surface area (TPSA) is 43.1 Å². The minimum atomic E-state index is -0.311. The Bertz CT molecular complexity index is 198. The van der Waals surface area contributed by atoms with Crippen LogP contribution in [0.5, 0.6) is 0 Å². The van der Waals surface area contributed by atoms with Crippen LogP contribution in [-0.2, 0) is 4.79 Å². The number of allylic oxidation sites excluding steroid dienone is 2. The van der Waals surface area contributed by atoms with Crippen LogP contribution >= 0.6 is 0 Å². The lowest BCUT2D eigenvalue weighted by molar-refractivity contribution is -0.129. The van der Waals surface area contributed by atoms with Gasteiger partial charge in [0.05, 0.1) is 5.41 Å². The van der Waals surface area contributed by atoms with Gasteiger partial charge in [-0.3, -0.25) is 4.79 Å². The van der Waals surface area contributed by atoms with Crippen LogP contribution < -0.4 is 5.73 Å². The Morgan fingerprint density at radius 3 is 2.73 bits per heavy atom. The van der Waals surface area contributed by atoms with E-state index in [4.69, 9.17) is 5.73 Å². The van der Waals surface area contributed by atoms with Crippen molar-refractivity contribution in [3.05, 3.63) is 12.2 Å². The van der Waals surface area contributed by atoms with Gasteiger partial charge in [0.25, 0.3) is 0 Å². The summed E-state index contributed by atoms with van der Waals surface area (Å²) in [6.45, 7) is 3.99. The molecule has 62 valence electrons. The van der Waals surface area contributed by atoms with Crippen molar-refractivity contribution < 1.29 is 4.79 Å². The van der Waals surface area contributed by atoms with Gasteiger partial charge in [0.2, 0.25) is 5.91 Å². The molecule has 0 aromatic carbocycles. The Labute approximate surface area is 67.5 Å². The summed E-state index contributed by atoms with van der Waals surface area (Å²) < 4.78 is 0. The Hall–Kier alpha value is -0.790. The third kappa shape index (κ3) is 1.30. The predicted molar refractivity (Wildman–Crippen MR) is 44.8 cm³/mol. The molecule has 0 radical (unpaired) electrons. The summed E-state index contributed by atoms with van der Waals surface area (Å²) in [7, 11) is 0. The van der Waals surface area contributed by atoms with Gasteiger partial charge in [-0.15, -0.1) is 0 Å². The van der Waals surface area contributed by atoms with Crippen LogP contribution in [-0.4, -0.2) is 5.91 Å². The highest BCUT2D eigenvalue weighted by Crippen LogP contribution is 2.36. The first kappa shape index (κ1) is 8.31. The first-order valence-electron chi connectivity index (χ1n) is 4.04. The monoisotopic (exact) mass is 153 g/mol. The fraction of sp³-hybridized carbons (Fsp3) is 0.667. The van der Waals surface area contributed by atoms with Gasteiger partial charge in [-0.1, -0.05) is 26.0 Å². The molecule has 0 aromatic rings. The smallest absolute Gasteiger partial charge is 0.223 e. The molecular weight excluding hydrogens is 138 g/mol. The molecule has 0 heterocycles. The van der Waals surface area contributed by atoms with Gasteiger partial charge in [-0.25, -0.2) is 0 Å². The van der Waals surface area contributed by atoms with Crippen LogP contribution in [0.4, 0.5) is 0 Å². The Balaban J connectivity index is 2.85. The first-order chi connectivity index (χ1) is 5.07. The van der Waals surface area contributed by atoms with Gasteiger partial charge in [0.1, 0.15) is 0 Å². The van der Waals surface area contributed by atoms with Gasteiger partial charge in [0.15, 0.2) is 0 Å². The molecule has 11 heavy (non-hydrogen) atoms. The lowest BCUT2D eigenvalue weighted by Crippen LogP contribution is -2.40. The second-order valence-corrected chi connectivity index (χ2v) is 3.54. The van der Waals surface area contributed by atoms with Crippen LogP contribution in [0.3, 0.4) is 0 Å². The van der Waals surface area contributed by atoms with Crippen LogP contribution in [0, 0.1) is 11.3 Å². The van der Waals surface area contributed by atoms with Crippen LogP contribution in [0.25, 0.3) is 0 Å². The molecule has 2 atom stereocenters. The zero-order valence-corrected chi connectivity index (χ0v) is 7.13. The van der Waals surface area contributed by atoms with Crippen molar-refractivity contribution in [1.29, 1.82) is 0 Å². The highest BCUT2D eigenvalue weighted by Gasteiger charge is 2.36. The average molecular weight is 153 g/mol. The van der Waals surface area contributed by atoms with Gasteiger partial charge < -0.3 is 5.73 Å². The number of amides is 1. The third-order valence-electron chi connectivity index (χ3n) is 2.82. The predicted octanol–water partition coefficient (Wildman–Crippen LogP) is 1.46. The van der Waals surface area contributed by atoms with E-state index in [0.717, 1.165) is 12.8 Å². The second kappa shape index (κ2) is 2.68. The van der Waals surface area contributed by atoms with Crippen LogP contribution in [0.15, 0.2) is 12.2 Å². The Kier molecular flexibility index (Phi) is 2.03. The van der Waals surface area contributed by atoms with Gasteiger partial charge >= 0.3 is 0 Å². The van der Waals surface area contributed by atoms with Crippen molar-refractivity contribution in [3.8, 4) is 0 Å². The lowest BCUT2D eigenvalue weighted by atomic mass is 9.71. The largest absolute Gasteiger partial charge is 0.369 e. The zero-order valence-electron chi connectivity index (χ0n) is 7.13. The average Bonchev–Trinajstić information content (AvgIpc) is 1.95. The van der Waals surface area contributed by atoms with Gasteiger partial charge in [-0.2, -0.15) is 0 Å². The molecule has 1 aliphatic rings. The standard InChI is InChI=1S/C9H15NO/c1-7-5-3-4-6-9(7,2)8(10)11/h3,5,7H,4,6H2,1-2H3,(H2,10,11). The maximum atomic E-state index is 11.1. The summed E-state index contributed by atoms with van der Waals surface area (Å²) in [4.78, 5) is 11.1. The summed E-state index contributed by atoms with van der Waals surface area (Å²) in [6.07, 6.45) is 6.06. The number of carbonyl (C=O) groups excluding carboxylic acids is 1. The summed E-state index contributed by atoms with van der Waals surface area (Å²) in [6, 6.07) is 0. The van der Waals surface area contributed by atoms with E-state index in [9.17, 15) is 4.79 Å². The molecule has 0 aliphatic heterocycles. The second-order valence-electron chi connectivity index (χ2n) is 3.54. The highest BCUT2D eigenvalue weighted by molar-refractivity contribution is 5.81. The molecule has 1 aliphatic carbocycles. The molecule has 0 fully saturated rings. The SMILES string of the molecule is CC1C=CCCC1(C)C(N)=O. The highest BCUT2D eigenvalue weighted by atomic mass is 16.1. The van der Waals surface area contributed by atoms with Crippen LogP contribution in [0.1, 0.15) is 26.7 Å². The summed E-state index contributed by atoms with van der Waals surface area (Å²) in [5.74, 6) is 0.114. The van der Waals surface area contributed by atoms with Crippen molar-refractivity contribution in [2.45, 2.75) is 26.7 Å². The van der Waals surface area contributed by atoms with Crippen LogP contribution in [0.2, 0.25) is 0 Å². The van der Waals surface area contributed by atoms with E-state index in [1.54, 1.807) is 0 Å². The maximum Gasteiger partial charge on any atom is 0.223 e. The molecule has 0 aromatic heterocycles. The molecule has 2 unspecified atom stereocenters. The summed E-state index contributed by atoms with van der Waals surface area (Å²) in [5.41, 5.74) is 5.01. The van der Waals surface area contributed by atoms with E-state index >= 15 is 0 Å². The van der Waals surface area contributed by atoms with Gasteiger partial charge in [-0.05, 0) is 18.8 Å². The fourth-order valence-electron chi connectivity index (χ4n) is 1.47. The minimum absolute atomic E-state index is 0.172. The van der Waals surface area contributed by atoms with E-state index < -0.39 is 0 Å². The lowest BCUT2D eigenvalue weighted by Gasteiger charge is -2.33. The number of hydrogen-bond acceptors (Lipinski definition) is 1. The number of carbonyl (C=O) groups is 1. The Morgan fingerprint density at radius 2 is 2.36 bits per heavy atom. The summed E-state index contributed by atoms with van der Waals surface area (Å²) >= 11 is 0. The van der Waals surface area contributed by atoms with Crippen molar-refractivity contribution in [1.82, 2.24) is 0 Å². The molecular formula is C9H15NO. The third-order valence-corrected chi connectivity index (χ3v) is 2.82. The number of primary amides is 1. The minimum Gasteiger partial charge on any atom is -0.369 e. The van der Waals surface area contributed by atoms with E-state index in [1.165, 1.54) is 0 Å². The molecule has 0 saturated carbocycles. The molecule has 0 spiro atoms. The first-order valence-corrected chi connectivity index (χ1v) is 4.04. The van der Waals surface area contributed by atoms with Crippen molar-refractivity contribution in [2.75, 3.05) is 0 Å². The molecule has 1 amide bonds. The quantitative estimate of drug-likeness (QED) is 0.569. The number of nitrogens with two attached hydrogens (primary N) is 1. The van der Waals surface area contributed by atoms with Crippen molar-refractivity contribution >= 4 is 5.91 Å². The molecule has 0 saturated heterocycles. The number of rotatable bonds is 1. The normalized spacial score (nSPS) is 37.1. The molecule has 2 N–H and O–H groups in total.